The summed E-state index contributed by atoms with van der Waals surface area (Å²) in [4.78, 5) is 2.32. The lowest BCUT2D eigenvalue weighted by Crippen LogP contribution is -2.11. The first-order chi connectivity index (χ1) is 8.65. The predicted molar refractivity (Wildman–Crippen MR) is 79.1 cm³/mol. The van der Waals surface area contributed by atoms with Crippen LogP contribution in [0.2, 0.25) is 0 Å². The normalized spacial score (nSPS) is 16.8. The van der Waals surface area contributed by atoms with Crippen molar-refractivity contribution < 1.29 is 5.11 Å². The van der Waals surface area contributed by atoms with E-state index >= 15 is 0 Å². The van der Waals surface area contributed by atoms with Crippen LogP contribution in [-0.4, -0.2) is 5.11 Å². The summed E-state index contributed by atoms with van der Waals surface area (Å²) in [5.41, 5.74) is 2.79. The van der Waals surface area contributed by atoms with Gasteiger partial charge in [0.15, 0.2) is 0 Å². The van der Waals surface area contributed by atoms with Crippen LogP contribution >= 0.6 is 27.3 Å². The van der Waals surface area contributed by atoms with E-state index in [0.717, 1.165) is 22.2 Å². The molecule has 1 heterocycles. The highest BCUT2D eigenvalue weighted by Gasteiger charge is 2.30. The van der Waals surface area contributed by atoms with Crippen molar-refractivity contribution in [3.63, 3.8) is 0 Å². The molecule has 1 aromatic carbocycles. The van der Waals surface area contributed by atoms with Gasteiger partial charge in [-0.2, -0.15) is 0 Å². The molecule has 0 fully saturated rings. The van der Waals surface area contributed by atoms with Gasteiger partial charge in [0.2, 0.25) is 0 Å². The number of thiophene rings is 1. The number of hydrogen-bond donors (Lipinski definition) is 1. The second-order valence-corrected chi connectivity index (χ2v) is 7.09. The summed E-state index contributed by atoms with van der Waals surface area (Å²) in [6, 6.07) is 10.6. The summed E-state index contributed by atoms with van der Waals surface area (Å²) < 4.78 is 1.05. The number of fused-ring (bicyclic) bond motifs is 1. The molecule has 0 amide bonds. The molecule has 1 aromatic heterocycles. The van der Waals surface area contributed by atoms with Crippen LogP contribution in [0.4, 0.5) is 0 Å². The fourth-order valence-electron chi connectivity index (χ4n) is 2.73. The molecule has 1 nitrogen and oxygen atoms in total. The van der Waals surface area contributed by atoms with Gasteiger partial charge in [-0.25, -0.2) is 0 Å². The maximum absolute atomic E-state index is 10.6. The van der Waals surface area contributed by atoms with Crippen LogP contribution in [-0.2, 0) is 12.8 Å². The van der Waals surface area contributed by atoms with E-state index in [-0.39, 0.29) is 6.10 Å². The molecule has 3 rings (SSSR count). The predicted octanol–water partition coefficient (Wildman–Crippen LogP) is 4.27. The van der Waals surface area contributed by atoms with Crippen molar-refractivity contribution in [1.82, 2.24) is 0 Å². The van der Waals surface area contributed by atoms with E-state index in [9.17, 15) is 5.11 Å². The lowest BCUT2D eigenvalue weighted by Gasteiger charge is -2.16. The van der Waals surface area contributed by atoms with Gasteiger partial charge in [-0.3, -0.25) is 0 Å². The van der Waals surface area contributed by atoms with E-state index in [1.165, 1.54) is 16.0 Å². The molecule has 0 saturated carbocycles. The average molecular weight is 323 g/mol. The van der Waals surface area contributed by atoms with Crippen molar-refractivity contribution >= 4 is 27.3 Å². The minimum absolute atomic E-state index is 0.316. The second-order valence-electron chi connectivity index (χ2n) is 4.95. The van der Waals surface area contributed by atoms with Gasteiger partial charge >= 0.3 is 0 Å². The van der Waals surface area contributed by atoms with Crippen molar-refractivity contribution in [3.8, 4) is 0 Å². The van der Waals surface area contributed by atoms with Gasteiger partial charge in [0, 0.05) is 14.2 Å². The Bertz CT molecular complexity index is 551. The molecule has 94 valence electrons. The third-order valence-corrected chi connectivity index (χ3v) is 5.67. The van der Waals surface area contributed by atoms with Crippen LogP contribution in [0, 0.1) is 12.8 Å². The molecule has 0 saturated heterocycles. The molecule has 18 heavy (non-hydrogen) atoms. The molecular formula is C15H15BrOS. The molecule has 1 unspecified atom stereocenters. The molecule has 1 aliphatic rings. The SMILES string of the molecule is Cc1cc(Br)c(C(O)C2Cc3ccccc3C2)s1. The van der Waals surface area contributed by atoms with E-state index in [0.29, 0.717) is 5.92 Å². The van der Waals surface area contributed by atoms with Crippen LogP contribution in [0.3, 0.4) is 0 Å². The summed E-state index contributed by atoms with van der Waals surface area (Å²) in [6.07, 6.45) is 1.62. The third-order valence-electron chi connectivity index (χ3n) is 3.63. The molecule has 1 atom stereocenters. The highest BCUT2D eigenvalue weighted by Crippen LogP contribution is 2.40. The minimum atomic E-state index is -0.356. The maximum Gasteiger partial charge on any atom is 0.0927 e. The van der Waals surface area contributed by atoms with Gasteiger partial charge in [0.25, 0.3) is 0 Å². The van der Waals surface area contributed by atoms with Gasteiger partial charge < -0.3 is 5.11 Å². The Labute approximate surface area is 120 Å². The van der Waals surface area contributed by atoms with Gasteiger partial charge in [0.05, 0.1) is 6.10 Å². The molecule has 2 aromatic rings. The molecule has 0 spiro atoms. The number of aliphatic hydroxyl groups excluding tert-OH is 1. The number of hydrogen-bond acceptors (Lipinski definition) is 2. The van der Waals surface area contributed by atoms with Crippen molar-refractivity contribution in [2.75, 3.05) is 0 Å². The molecule has 1 aliphatic carbocycles. The van der Waals surface area contributed by atoms with Crippen molar-refractivity contribution in [1.29, 1.82) is 0 Å². The first-order valence-corrected chi connectivity index (χ1v) is 7.77. The number of aryl methyl sites for hydroxylation is 1. The Morgan fingerprint density at radius 2 is 1.89 bits per heavy atom. The Morgan fingerprint density at radius 3 is 2.39 bits per heavy atom. The van der Waals surface area contributed by atoms with Crippen molar-refractivity contribution in [2.45, 2.75) is 25.9 Å². The lowest BCUT2D eigenvalue weighted by atomic mass is 9.98. The quantitative estimate of drug-likeness (QED) is 0.875. The zero-order chi connectivity index (χ0) is 12.7. The summed E-state index contributed by atoms with van der Waals surface area (Å²) in [7, 11) is 0. The first-order valence-electron chi connectivity index (χ1n) is 6.16. The van der Waals surface area contributed by atoms with E-state index in [4.69, 9.17) is 0 Å². The molecule has 0 aliphatic heterocycles. The zero-order valence-corrected chi connectivity index (χ0v) is 12.6. The van der Waals surface area contributed by atoms with E-state index in [2.05, 4.69) is 53.2 Å². The molecule has 0 radical (unpaired) electrons. The smallest absolute Gasteiger partial charge is 0.0927 e. The highest BCUT2D eigenvalue weighted by molar-refractivity contribution is 9.10. The Morgan fingerprint density at radius 1 is 1.28 bits per heavy atom. The topological polar surface area (TPSA) is 20.2 Å². The lowest BCUT2D eigenvalue weighted by molar-refractivity contribution is 0.116. The average Bonchev–Trinajstić information content (AvgIpc) is 2.91. The molecule has 1 N–H and O–H groups in total. The van der Waals surface area contributed by atoms with Crippen LogP contribution in [0.25, 0.3) is 0 Å². The summed E-state index contributed by atoms with van der Waals surface area (Å²) in [6.45, 7) is 2.08. The van der Waals surface area contributed by atoms with E-state index in [1.807, 2.05) is 0 Å². The standard InChI is InChI=1S/C15H15BrOS/c1-9-6-13(16)15(18-9)14(17)12-7-10-4-2-3-5-11(10)8-12/h2-6,12,14,17H,7-8H2,1H3. The number of rotatable bonds is 2. The Hall–Kier alpha value is -0.640. The van der Waals surface area contributed by atoms with Crippen LogP contribution in [0.5, 0.6) is 0 Å². The highest BCUT2D eigenvalue weighted by atomic mass is 79.9. The number of halogens is 1. The first kappa shape index (κ1) is 12.4. The third kappa shape index (κ3) is 2.15. The van der Waals surface area contributed by atoms with Crippen molar-refractivity contribution in [2.24, 2.45) is 5.92 Å². The van der Waals surface area contributed by atoms with Crippen LogP contribution in [0.1, 0.15) is 27.0 Å². The fourth-order valence-corrected chi connectivity index (χ4v) is 4.70. The van der Waals surface area contributed by atoms with Crippen LogP contribution < -0.4 is 0 Å². The minimum Gasteiger partial charge on any atom is -0.387 e. The monoisotopic (exact) mass is 322 g/mol. The Kier molecular flexibility index (Phi) is 3.31. The molecule has 0 bridgehead atoms. The number of benzene rings is 1. The second kappa shape index (κ2) is 4.80. The Balaban J connectivity index is 1.84. The van der Waals surface area contributed by atoms with Gasteiger partial charge in [-0.15, -0.1) is 11.3 Å². The largest absolute Gasteiger partial charge is 0.387 e. The molecular weight excluding hydrogens is 308 g/mol. The summed E-state index contributed by atoms with van der Waals surface area (Å²) in [5, 5.41) is 10.6. The van der Waals surface area contributed by atoms with E-state index in [1.54, 1.807) is 11.3 Å². The summed E-state index contributed by atoms with van der Waals surface area (Å²) >= 11 is 5.24. The molecule has 3 heteroatoms. The number of aliphatic hydroxyl groups is 1. The van der Waals surface area contributed by atoms with E-state index < -0.39 is 0 Å². The maximum atomic E-state index is 10.6. The zero-order valence-electron chi connectivity index (χ0n) is 10.2. The van der Waals surface area contributed by atoms with Gasteiger partial charge in [-0.05, 0) is 58.8 Å². The van der Waals surface area contributed by atoms with Crippen molar-refractivity contribution in [3.05, 3.63) is 55.7 Å². The summed E-state index contributed by atoms with van der Waals surface area (Å²) in [5.74, 6) is 0.316. The van der Waals surface area contributed by atoms with Gasteiger partial charge in [-0.1, -0.05) is 24.3 Å². The van der Waals surface area contributed by atoms with Crippen LogP contribution in [0.15, 0.2) is 34.8 Å². The van der Waals surface area contributed by atoms with Gasteiger partial charge in [0.1, 0.15) is 0 Å². The fraction of sp³-hybridized carbons (Fsp3) is 0.333.